The molecule has 0 bridgehead atoms. The van der Waals surface area contributed by atoms with E-state index in [-0.39, 0.29) is 5.54 Å². The fourth-order valence-corrected chi connectivity index (χ4v) is 5.01. The van der Waals surface area contributed by atoms with E-state index in [1.165, 1.54) is 0 Å². The van der Waals surface area contributed by atoms with E-state index in [1.807, 2.05) is 24.3 Å². The summed E-state index contributed by atoms with van der Waals surface area (Å²) in [6.07, 6.45) is 7.39. The molecular formula is C27H39ClN6O3. The molecule has 2 fully saturated rings. The van der Waals surface area contributed by atoms with E-state index < -0.39 is 11.5 Å². The van der Waals surface area contributed by atoms with Crippen LogP contribution < -0.4 is 21.7 Å². The average molecular weight is 531 g/mol. The number of carboxylic acids is 1. The van der Waals surface area contributed by atoms with Crippen LogP contribution in [-0.4, -0.2) is 64.5 Å². The van der Waals surface area contributed by atoms with E-state index in [1.54, 1.807) is 20.0 Å². The summed E-state index contributed by atoms with van der Waals surface area (Å²) in [5.41, 5.74) is 6.91. The molecule has 10 heteroatoms. The zero-order valence-corrected chi connectivity index (χ0v) is 22.5. The second kappa shape index (κ2) is 11.9. The summed E-state index contributed by atoms with van der Waals surface area (Å²) >= 11 is 6.53. The second-order valence-corrected chi connectivity index (χ2v) is 11.4. The minimum absolute atomic E-state index is 0.289. The van der Waals surface area contributed by atoms with Gasteiger partial charge in [0.2, 0.25) is 0 Å². The van der Waals surface area contributed by atoms with Crippen molar-refractivity contribution in [1.29, 1.82) is 0 Å². The van der Waals surface area contributed by atoms with Gasteiger partial charge in [-0.15, -0.1) is 0 Å². The van der Waals surface area contributed by atoms with Crippen molar-refractivity contribution in [2.24, 2.45) is 11.7 Å². The first-order valence-corrected chi connectivity index (χ1v) is 13.5. The molecule has 0 amide bonds. The molecule has 1 aliphatic carbocycles. The van der Waals surface area contributed by atoms with Gasteiger partial charge in [0.05, 0.1) is 10.7 Å². The summed E-state index contributed by atoms with van der Waals surface area (Å²) in [5.74, 6) is 1.18. The molecule has 3 heterocycles. The Labute approximate surface area is 223 Å². The molecule has 0 radical (unpaired) electrons. The number of ether oxygens (including phenoxy) is 1. The monoisotopic (exact) mass is 530 g/mol. The number of aliphatic carboxylic acids is 1. The Morgan fingerprint density at radius 3 is 2.65 bits per heavy atom. The SMILES string of the molecule is CC(C)(NCC1CCC(Nc2cc(-c3cccc(NCC4(N)CCOCC4)n3)c(Cl)cn2)CC1)C(=O)O. The van der Waals surface area contributed by atoms with Crippen LogP contribution in [0.5, 0.6) is 0 Å². The highest BCUT2D eigenvalue weighted by Crippen LogP contribution is 2.31. The zero-order valence-electron chi connectivity index (χ0n) is 21.7. The number of anilines is 2. The summed E-state index contributed by atoms with van der Waals surface area (Å²) < 4.78 is 5.44. The predicted molar refractivity (Wildman–Crippen MR) is 147 cm³/mol. The lowest BCUT2D eigenvalue weighted by Gasteiger charge is -2.33. The number of nitrogens with one attached hydrogen (secondary N) is 3. The normalized spacial score (nSPS) is 21.8. The van der Waals surface area contributed by atoms with E-state index in [4.69, 9.17) is 27.1 Å². The van der Waals surface area contributed by atoms with Crippen LogP contribution in [0.25, 0.3) is 11.3 Å². The topological polar surface area (TPSA) is 134 Å². The Morgan fingerprint density at radius 1 is 1.22 bits per heavy atom. The maximum absolute atomic E-state index is 11.3. The first kappa shape index (κ1) is 27.6. The number of hydrogen-bond donors (Lipinski definition) is 5. The van der Waals surface area contributed by atoms with Crippen molar-refractivity contribution in [3.05, 3.63) is 35.5 Å². The molecule has 1 saturated heterocycles. The zero-order chi connectivity index (χ0) is 26.5. The summed E-state index contributed by atoms with van der Waals surface area (Å²) in [6.45, 7) is 6.13. The van der Waals surface area contributed by atoms with Gasteiger partial charge >= 0.3 is 5.97 Å². The van der Waals surface area contributed by atoms with E-state index in [2.05, 4.69) is 20.9 Å². The standard InChI is InChI=1S/C27H39ClN6O3/c1-26(2,25(35)36)32-15-18-6-8-19(9-7-18)33-24-14-20(21(28)16-30-24)22-4-3-5-23(34-22)31-17-27(29)10-12-37-13-11-27/h3-5,14,16,18-19,32H,6-13,15,17,29H2,1-2H3,(H,30,33)(H,31,34)(H,35,36). The predicted octanol–water partition coefficient (Wildman–Crippen LogP) is 4.14. The van der Waals surface area contributed by atoms with Gasteiger partial charge in [0.15, 0.2) is 0 Å². The van der Waals surface area contributed by atoms with Gasteiger partial charge in [-0.2, -0.15) is 0 Å². The molecule has 0 atom stereocenters. The molecule has 1 aliphatic heterocycles. The van der Waals surface area contributed by atoms with Crippen molar-refractivity contribution < 1.29 is 14.6 Å². The fourth-order valence-electron chi connectivity index (χ4n) is 4.81. The van der Waals surface area contributed by atoms with Crippen LogP contribution in [0, 0.1) is 5.92 Å². The molecular weight excluding hydrogens is 492 g/mol. The van der Waals surface area contributed by atoms with Gasteiger partial charge in [-0.3, -0.25) is 4.79 Å². The third kappa shape index (κ3) is 7.54. The minimum Gasteiger partial charge on any atom is -0.480 e. The van der Waals surface area contributed by atoms with Gasteiger partial charge < -0.3 is 31.5 Å². The van der Waals surface area contributed by atoms with Gasteiger partial charge in [0, 0.05) is 43.1 Å². The Hall–Kier alpha value is -2.46. The molecule has 2 aromatic heterocycles. The van der Waals surface area contributed by atoms with Gasteiger partial charge in [0.1, 0.15) is 17.2 Å². The summed E-state index contributed by atoms with van der Waals surface area (Å²) in [4.78, 5) is 20.6. The number of hydrogen-bond acceptors (Lipinski definition) is 8. The van der Waals surface area contributed by atoms with Crippen molar-refractivity contribution in [3.8, 4) is 11.3 Å². The number of halogens is 1. The average Bonchev–Trinajstić information content (AvgIpc) is 2.89. The number of nitrogens with two attached hydrogens (primary N) is 1. The van der Waals surface area contributed by atoms with Gasteiger partial charge in [-0.1, -0.05) is 17.7 Å². The number of aromatic nitrogens is 2. The van der Waals surface area contributed by atoms with E-state index in [0.29, 0.717) is 43.3 Å². The first-order valence-electron chi connectivity index (χ1n) is 13.1. The Balaban J connectivity index is 1.34. The molecule has 1 saturated carbocycles. The maximum atomic E-state index is 11.3. The van der Waals surface area contributed by atoms with E-state index in [0.717, 1.165) is 61.4 Å². The lowest BCUT2D eigenvalue weighted by Crippen LogP contribution is -2.50. The van der Waals surface area contributed by atoms with Crippen LogP contribution in [0.2, 0.25) is 5.02 Å². The van der Waals surface area contributed by atoms with Crippen LogP contribution in [0.15, 0.2) is 30.5 Å². The van der Waals surface area contributed by atoms with Crippen LogP contribution in [0.4, 0.5) is 11.6 Å². The quantitative estimate of drug-likeness (QED) is 0.307. The minimum atomic E-state index is -0.907. The lowest BCUT2D eigenvalue weighted by molar-refractivity contribution is -0.143. The lowest BCUT2D eigenvalue weighted by atomic mass is 9.85. The number of carboxylic acid groups (broad SMARTS) is 1. The van der Waals surface area contributed by atoms with Crippen molar-refractivity contribution in [2.45, 2.75) is 69.5 Å². The highest BCUT2D eigenvalue weighted by atomic mass is 35.5. The summed E-state index contributed by atoms with van der Waals surface area (Å²) in [5, 5.41) is 20.0. The molecule has 4 rings (SSSR count). The van der Waals surface area contributed by atoms with Gasteiger partial charge in [-0.25, -0.2) is 9.97 Å². The van der Waals surface area contributed by atoms with Crippen LogP contribution in [0.3, 0.4) is 0 Å². The Kier molecular flexibility index (Phi) is 8.90. The smallest absolute Gasteiger partial charge is 0.323 e. The molecule has 0 aromatic carbocycles. The van der Waals surface area contributed by atoms with Crippen LogP contribution in [0.1, 0.15) is 52.4 Å². The molecule has 2 aliphatic rings. The number of nitrogens with zero attached hydrogens (tertiary/aromatic N) is 2. The molecule has 0 spiro atoms. The number of carbonyl (C=O) groups is 1. The molecule has 2 aromatic rings. The fraction of sp³-hybridized carbons (Fsp3) is 0.593. The molecule has 0 unspecified atom stereocenters. The van der Waals surface area contributed by atoms with E-state index in [9.17, 15) is 9.90 Å². The Bertz CT molecular complexity index is 1070. The molecule has 6 N–H and O–H groups in total. The van der Waals surface area contributed by atoms with Crippen LogP contribution in [-0.2, 0) is 9.53 Å². The van der Waals surface area contributed by atoms with E-state index >= 15 is 0 Å². The summed E-state index contributed by atoms with van der Waals surface area (Å²) in [7, 11) is 0. The summed E-state index contributed by atoms with van der Waals surface area (Å²) in [6, 6.07) is 8.11. The first-order chi connectivity index (χ1) is 17.6. The largest absolute Gasteiger partial charge is 0.480 e. The third-order valence-corrected chi connectivity index (χ3v) is 7.86. The molecule has 37 heavy (non-hydrogen) atoms. The van der Waals surface area contributed by atoms with Crippen molar-refractivity contribution in [3.63, 3.8) is 0 Å². The Morgan fingerprint density at radius 2 is 1.95 bits per heavy atom. The number of rotatable bonds is 10. The van der Waals surface area contributed by atoms with Crippen molar-refractivity contribution in [1.82, 2.24) is 15.3 Å². The number of pyridine rings is 2. The van der Waals surface area contributed by atoms with Gasteiger partial charge in [0.25, 0.3) is 0 Å². The van der Waals surface area contributed by atoms with Crippen molar-refractivity contribution >= 4 is 29.2 Å². The molecule has 202 valence electrons. The van der Waals surface area contributed by atoms with Gasteiger partial charge in [-0.05, 0) is 83.0 Å². The highest BCUT2D eigenvalue weighted by molar-refractivity contribution is 6.33. The third-order valence-electron chi connectivity index (χ3n) is 7.56. The highest BCUT2D eigenvalue weighted by Gasteiger charge is 2.29. The molecule has 9 nitrogen and oxygen atoms in total. The second-order valence-electron chi connectivity index (χ2n) is 11.0. The van der Waals surface area contributed by atoms with Crippen molar-refractivity contribution in [2.75, 3.05) is 36.9 Å². The maximum Gasteiger partial charge on any atom is 0.323 e. The van der Waals surface area contributed by atoms with Crippen LogP contribution >= 0.6 is 11.6 Å².